The van der Waals surface area contributed by atoms with E-state index in [1.165, 1.54) is 34.4 Å². The maximum Gasteiger partial charge on any atom is 0.407 e. The van der Waals surface area contributed by atoms with Crippen molar-refractivity contribution in [3.63, 3.8) is 0 Å². The molecular weight excluding hydrogens is 825 g/mol. The number of aromatic nitrogens is 4. The highest BCUT2D eigenvalue weighted by Gasteiger charge is 2.39. The van der Waals surface area contributed by atoms with Gasteiger partial charge >= 0.3 is 12.2 Å². The van der Waals surface area contributed by atoms with Gasteiger partial charge in [0, 0.05) is 32.2 Å². The molecule has 7 aromatic rings. The molecule has 0 bridgehead atoms. The number of hydrogen-bond acceptors (Lipinski definition) is 10. The average Bonchev–Trinajstić information content (AvgIpc) is 4.12. The topological polar surface area (TPSA) is 175 Å². The molecule has 14 nitrogen and oxygen atoms in total. The number of carbonyl (C=O) groups excluding carboxylic acids is 4. The minimum Gasteiger partial charge on any atom is -0.453 e. The van der Waals surface area contributed by atoms with Crippen LogP contribution in [-0.2, 0) is 19.1 Å². The lowest BCUT2D eigenvalue weighted by Crippen LogP contribution is -2.51. The van der Waals surface area contributed by atoms with E-state index in [2.05, 4.69) is 69.1 Å². The van der Waals surface area contributed by atoms with Crippen LogP contribution in [0.5, 0.6) is 0 Å². The van der Waals surface area contributed by atoms with Crippen molar-refractivity contribution in [2.75, 3.05) is 27.3 Å². The Hall–Kier alpha value is -6.00. The van der Waals surface area contributed by atoms with Crippen molar-refractivity contribution >= 4 is 88.9 Å². The zero-order valence-corrected chi connectivity index (χ0v) is 37.2. The minimum atomic E-state index is -0.688. The maximum atomic E-state index is 13.7. The lowest BCUT2D eigenvalue weighted by molar-refractivity contribution is -0.136. The largest absolute Gasteiger partial charge is 0.453 e. The summed E-state index contributed by atoms with van der Waals surface area (Å²) >= 11 is 3.52. The van der Waals surface area contributed by atoms with Crippen molar-refractivity contribution in [3.05, 3.63) is 72.3 Å². The fraction of sp³-hybridized carbons (Fsp3) is 0.391. The van der Waals surface area contributed by atoms with E-state index in [4.69, 9.17) is 19.4 Å². The third-order valence-corrected chi connectivity index (χ3v) is 14.5. The molecular formula is C46H50N8O6S2. The van der Waals surface area contributed by atoms with Crippen LogP contribution in [-0.4, -0.2) is 93.1 Å². The average molecular weight is 875 g/mol. The van der Waals surface area contributed by atoms with Gasteiger partial charge in [0.2, 0.25) is 11.8 Å². The van der Waals surface area contributed by atoms with Crippen molar-refractivity contribution in [2.45, 2.75) is 77.5 Å². The molecule has 62 heavy (non-hydrogen) atoms. The Morgan fingerprint density at radius 1 is 0.645 bits per heavy atom. The molecule has 0 radical (unpaired) electrons. The number of benzene rings is 3. The number of hydrogen-bond donors (Lipinski definition) is 4. The van der Waals surface area contributed by atoms with Gasteiger partial charge in [0.25, 0.3) is 0 Å². The van der Waals surface area contributed by atoms with Crippen molar-refractivity contribution in [1.29, 1.82) is 0 Å². The Labute approximate surface area is 366 Å². The molecule has 0 spiro atoms. The third-order valence-electron chi connectivity index (χ3n) is 12.2. The van der Waals surface area contributed by atoms with E-state index in [-0.39, 0.29) is 35.7 Å². The number of thiophene rings is 2. The van der Waals surface area contributed by atoms with Crippen LogP contribution in [0.2, 0.25) is 0 Å². The molecule has 6 heterocycles. The lowest BCUT2D eigenvalue weighted by Gasteiger charge is -2.29. The van der Waals surface area contributed by atoms with Gasteiger partial charge in [-0.05, 0) is 108 Å². The first kappa shape index (κ1) is 41.4. The van der Waals surface area contributed by atoms with Crippen LogP contribution >= 0.6 is 22.7 Å². The summed E-state index contributed by atoms with van der Waals surface area (Å²) in [6, 6.07) is 19.8. The number of methoxy groups -OCH3 is 2. The van der Waals surface area contributed by atoms with E-state index < -0.39 is 24.3 Å². The van der Waals surface area contributed by atoms with Crippen molar-refractivity contribution in [1.82, 2.24) is 40.4 Å². The fourth-order valence-electron chi connectivity index (χ4n) is 8.92. The Bertz CT molecular complexity index is 2620. The fourth-order valence-corrected chi connectivity index (χ4v) is 11.1. The van der Waals surface area contributed by atoms with Crippen LogP contribution in [0.15, 0.2) is 60.7 Å². The molecule has 4 aromatic heterocycles. The summed E-state index contributed by atoms with van der Waals surface area (Å²) in [7, 11) is 2.60. The third kappa shape index (κ3) is 7.74. The number of nitrogens with one attached hydrogen (secondary N) is 4. The summed E-state index contributed by atoms with van der Waals surface area (Å²) in [4.78, 5) is 74.3. The summed E-state index contributed by atoms with van der Waals surface area (Å²) in [6.45, 7) is 8.85. The minimum absolute atomic E-state index is 0.105. The Morgan fingerprint density at radius 3 is 1.45 bits per heavy atom. The normalized spacial score (nSPS) is 17.8. The van der Waals surface area contributed by atoms with Crippen LogP contribution in [0.4, 0.5) is 9.59 Å². The molecule has 0 saturated carbocycles. The molecule has 0 aliphatic carbocycles. The van der Waals surface area contributed by atoms with Gasteiger partial charge in [-0.15, -0.1) is 22.7 Å². The second-order valence-electron chi connectivity index (χ2n) is 17.0. The first-order valence-electron chi connectivity index (χ1n) is 21.2. The van der Waals surface area contributed by atoms with E-state index in [1.54, 1.807) is 22.7 Å². The summed E-state index contributed by atoms with van der Waals surface area (Å²) in [5.41, 5.74) is 5.70. The first-order valence-corrected chi connectivity index (χ1v) is 22.8. The van der Waals surface area contributed by atoms with Crippen LogP contribution in [0.3, 0.4) is 0 Å². The van der Waals surface area contributed by atoms with E-state index in [0.29, 0.717) is 13.1 Å². The zero-order chi connectivity index (χ0) is 43.4. The standard InChI is InChI=1S/C46H50N8O6S2/c1-23(2)39(51-45(57)59-5)43(55)53-15-7-9-33(53)41-47-29-13-11-25(17-31(29)49-41)35-19-27-21-38-28(22-37(27)61-35)20-36(62-38)26-12-14-30-32(18-26)50-42(48-30)34-10-8-16-54(34)44(56)40(24(3)4)52-46(58)60-6/h11-14,17-24,33-34,39-40H,7-10,15-16H2,1-6H3,(H,47,49)(H,48,50)(H,51,57)(H,52,58)/t33-,34-,39-,40?/m0/s1. The van der Waals surface area contributed by atoms with Gasteiger partial charge in [-0.1, -0.05) is 39.8 Å². The van der Waals surface area contributed by atoms with Crippen LogP contribution in [0.25, 0.3) is 63.1 Å². The number of rotatable bonds is 10. The number of fused-ring (bicyclic) bond motifs is 4. The molecule has 4 atom stereocenters. The molecule has 2 aliphatic heterocycles. The Balaban J connectivity index is 0.929. The van der Waals surface area contributed by atoms with Crippen molar-refractivity contribution < 1.29 is 28.7 Å². The second kappa shape index (κ2) is 16.7. The van der Waals surface area contributed by atoms with Gasteiger partial charge in [0.1, 0.15) is 23.7 Å². The highest BCUT2D eigenvalue weighted by molar-refractivity contribution is 7.23. The van der Waals surface area contributed by atoms with Gasteiger partial charge < -0.3 is 39.9 Å². The quantitative estimate of drug-likeness (QED) is 0.105. The second-order valence-corrected chi connectivity index (χ2v) is 19.1. The van der Waals surface area contributed by atoms with Crippen molar-refractivity contribution in [3.8, 4) is 20.9 Å². The molecule has 16 heteroatoms. The van der Waals surface area contributed by atoms with Gasteiger partial charge in [-0.2, -0.15) is 0 Å². The van der Waals surface area contributed by atoms with E-state index in [1.807, 2.05) is 49.6 Å². The number of H-pyrrole nitrogens is 2. The molecule has 2 aliphatic rings. The number of amides is 4. The van der Waals surface area contributed by atoms with Crippen molar-refractivity contribution in [2.24, 2.45) is 11.8 Å². The smallest absolute Gasteiger partial charge is 0.407 e. The summed E-state index contributed by atoms with van der Waals surface area (Å²) < 4.78 is 12.0. The predicted molar refractivity (Wildman–Crippen MR) is 243 cm³/mol. The van der Waals surface area contributed by atoms with Gasteiger partial charge in [0.05, 0.1) is 48.4 Å². The number of ether oxygens (including phenoxy) is 2. The van der Waals surface area contributed by atoms with Gasteiger partial charge in [0.15, 0.2) is 0 Å². The molecule has 4 amide bonds. The van der Waals surface area contributed by atoms with Crippen LogP contribution < -0.4 is 10.6 Å². The molecule has 4 N–H and O–H groups in total. The number of imidazole rings is 2. The van der Waals surface area contributed by atoms with Crippen LogP contribution in [0, 0.1) is 11.8 Å². The maximum absolute atomic E-state index is 13.7. The summed E-state index contributed by atoms with van der Waals surface area (Å²) in [5.74, 6) is 1.03. The molecule has 322 valence electrons. The van der Waals surface area contributed by atoms with Crippen LogP contribution in [0.1, 0.15) is 77.1 Å². The SMILES string of the molecule is COC(=O)NC(C(=O)N1CCC[C@H]1c1nc2ccc(-c3cc4cc5sc(-c6ccc7nc([C@@H]8CCCN8C(=O)[C@@H](NC(=O)OC)C(C)C)[nH]c7c6)cc5cc4s3)cc2[nH]1)C(C)C. The number of nitrogens with zero attached hydrogens (tertiary/aromatic N) is 4. The molecule has 9 rings (SSSR count). The highest BCUT2D eigenvalue weighted by atomic mass is 32.1. The van der Waals surface area contributed by atoms with Gasteiger partial charge in [-0.3, -0.25) is 9.59 Å². The zero-order valence-electron chi connectivity index (χ0n) is 35.5. The summed E-state index contributed by atoms with van der Waals surface area (Å²) in [5, 5.41) is 7.81. The highest BCUT2D eigenvalue weighted by Crippen LogP contribution is 2.42. The van der Waals surface area contributed by atoms with E-state index >= 15 is 0 Å². The number of carbonyl (C=O) groups is 4. The first-order chi connectivity index (χ1) is 29.9. The number of aromatic amines is 2. The molecule has 3 aromatic carbocycles. The van der Waals surface area contributed by atoms with E-state index in [0.717, 1.165) is 80.3 Å². The van der Waals surface area contributed by atoms with E-state index in [9.17, 15) is 19.2 Å². The Kier molecular flexibility index (Phi) is 11.1. The Morgan fingerprint density at radius 2 is 1.06 bits per heavy atom. The molecule has 2 saturated heterocycles. The monoisotopic (exact) mass is 874 g/mol. The lowest BCUT2D eigenvalue weighted by atomic mass is 10.0. The number of alkyl carbamates (subject to hydrolysis) is 2. The van der Waals surface area contributed by atoms with Gasteiger partial charge in [-0.25, -0.2) is 19.6 Å². The molecule has 1 unspecified atom stereocenters. The predicted octanol–water partition coefficient (Wildman–Crippen LogP) is 9.29. The number of likely N-dealkylation sites (tertiary alicyclic amines) is 2. The molecule has 2 fully saturated rings. The summed E-state index contributed by atoms with van der Waals surface area (Å²) in [6.07, 6.45) is 2.05.